The quantitative estimate of drug-likeness (QED) is 0.832. The third kappa shape index (κ3) is 3.96. The van der Waals surface area contributed by atoms with E-state index in [0.29, 0.717) is 18.5 Å². The van der Waals surface area contributed by atoms with E-state index in [0.717, 1.165) is 21.3 Å². The lowest BCUT2D eigenvalue weighted by Crippen LogP contribution is -2.36. The summed E-state index contributed by atoms with van der Waals surface area (Å²) in [6, 6.07) is 7.44. The summed E-state index contributed by atoms with van der Waals surface area (Å²) in [5.41, 5.74) is 1.68. The third-order valence-corrected chi connectivity index (χ3v) is 5.78. The highest BCUT2D eigenvalue weighted by atomic mass is 32.2. The molecule has 0 radical (unpaired) electrons. The first kappa shape index (κ1) is 17.0. The number of nitrogens with zero attached hydrogens (tertiary/aromatic N) is 2. The van der Waals surface area contributed by atoms with Crippen LogP contribution < -0.4 is 5.32 Å². The molecule has 1 unspecified atom stereocenters. The summed E-state index contributed by atoms with van der Waals surface area (Å²) >= 11 is 3.24. The van der Waals surface area contributed by atoms with E-state index in [4.69, 9.17) is 0 Å². The molecular weight excluding hydrogens is 342 g/mol. The fraction of sp³-hybridized carbons (Fsp3) is 0.353. The number of likely N-dealkylation sites (tertiary alicyclic amines) is 1. The van der Waals surface area contributed by atoms with Crippen molar-refractivity contribution in [2.45, 2.75) is 30.0 Å². The molecule has 1 N–H and O–H groups in total. The first-order valence-corrected chi connectivity index (χ1v) is 9.57. The second-order valence-corrected chi connectivity index (χ2v) is 7.87. The lowest BCUT2D eigenvalue weighted by molar-refractivity contribution is -0.126. The van der Waals surface area contributed by atoms with Crippen molar-refractivity contribution in [2.75, 3.05) is 13.6 Å². The van der Waals surface area contributed by atoms with E-state index >= 15 is 0 Å². The van der Waals surface area contributed by atoms with Gasteiger partial charge in [0.1, 0.15) is 0 Å². The van der Waals surface area contributed by atoms with Gasteiger partial charge in [-0.1, -0.05) is 12.1 Å². The molecule has 1 aromatic carbocycles. The monoisotopic (exact) mass is 361 g/mol. The average molecular weight is 361 g/mol. The molecule has 0 spiro atoms. The summed E-state index contributed by atoms with van der Waals surface area (Å²) in [4.78, 5) is 31.2. The Hall–Kier alpha value is -1.86. The zero-order valence-electron chi connectivity index (χ0n) is 13.6. The molecule has 1 aromatic heterocycles. The van der Waals surface area contributed by atoms with Crippen LogP contribution >= 0.6 is 23.1 Å². The SMILES string of the molecule is Cc1nc(CSc2ccccc2C(=O)NC2CC(=O)N(C)C2)cs1. The minimum Gasteiger partial charge on any atom is -0.347 e. The predicted octanol–water partition coefficient (Wildman–Crippen LogP) is 2.70. The second-order valence-electron chi connectivity index (χ2n) is 5.79. The molecule has 0 bridgehead atoms. The van der Waals surface area contributed by atoms with Gasteiger partial charge >= 0.3 is 0 Å². The molecule has 5 nitrogen and oxygen atoms in total. The summed E-state index contributed by atoms with van der Waals surface area (Å²) in [5.74, 6) is 0.682. The number of thiazole rings is 1. The van der Waals surface area contributed by atoms with Gasteiger partial charge in [-0.15, -0.1) is 23.1 Å². The van der Waals surface area contributed by atoms with Gasteiger partial charge in [0.2, 0.25) is 5.91 Å². The maximum atomic E-state index is 12.6. The normalized spacial score (nSPS) is 17.3. The van der Waals surface area contributed by atoms with Gasteiger partial charge in [-0.25, -0.2) is 4.98 Å². The van der Waals surface area contributed by atoms with Crippen LogP contribution in [0.5, 0.6) is 0 Å². The van der Waals surface area contributed by atoms with Crippen molar-refractivity contribution in [3.63, 3.8) is 0 Å². The average Bonchev–Trinajstić information content (AvgIpc) is 3.11. The molecule has 0 aliphatic carbocycles. The second kappa shape index (κ2) is 7.36. The Morgan fingerprint density at radius 3 is 2.92 bits per heavy atom. The van der Waals surface area contributed by atoms with Crippen LogP contribution in [0.3, 0.4) is 0 Å². The summed E-state index contributed by atoms with van der Waals surface area (Å²) in [5, 5.41) is 6.06. The highest BCUT2D eigenvalue weighted by molar-refractivity contribution is 7.98. The predicted molar refractivity (Wildman–Crippen MR) is 96.4 cm³/mol. The van der Waals surface area contributed by atoms with Crippen LogP contribution in [0, 0.1) is 6.92 Å². The number of carbonyl (C=O) groups excluding carboxylic acids is 2. The summed E-state index contributed by atoms with van der Waals surface area (Å²) in [6.45, 7) is 2.55. The molecule has 1 aliphatic rings. The van der Waals surface area contributed by atoms with E-state index in [9.17, 15) is 9.59 Å². The molecule has 1 saturated heterocycles. The Bertz CT molecular complexity index is 760. The van der Waals surface area contributed by atoms with Crippen molar-refractivity contribution >= 4 is 34.9 Å². The number of hydrogen-bond acceptors (Lipinski definition) is 5. The zero-order valence-corrected chi connectivity index (χ0v) is 15.2. The maximum Gasteiger partial charge on any atom is 0.252 e. The third-order valence-electron chi connectivity index (χ3n) is 3.85. The Balaban J connectivity index is 1.66. The van der Waals surface area contributed by atoms with E-state index in [2.05, 4.69) is 10.3 Å². The molecule has 7 heteroatoms. The number of aryl methyl sites for hydroxylation is 1. The van der Waals surface area contributed by atoms with E-state index in [-0.39, 0.29) is 17.9 Å². The molecule has 2 amide bonds. The minimum atomic E-state index is -0.124. The molecular formula is C17H19N3O2S2. The number of thioether (sulfide) groups is 1. The summed E-state index contributed by atoms with van der Waals surface area (Å²) in [6.07, 6.45) is 0.371. The fourth-order valence-electron chi connectivity index (χ4n) is 2.63. The van der Waals surface area contributed by atoms with Crippen molar-refractivity contribution in [3.8, 4) is 0 Å². The van der Waals surface area contributed by atoms with Gasteiger partial charge in [0.15, 0.2) is 0 Å². The zero-order chi connectivity index (χ0) is 17.1. The van der Waals surface area contributed by atoms with Gasteiger partial charge in [-0.2, -0.15) is 0 Å². The first-order valence-electron chi connectivity index (χ1n) is 7.70. The van der Waals surface area contributed by atoms with Crippen LogP contribution in [0.15, 0.2) is 34.5 Å². The number of carbonyl (C=O) groups is 2. The number of amides is 2. The molecule has 2 heterocycles. The smallest absolute Gasteiger partial charge is 0.252 e. The fourth-order valence-corrected chi connectivity index (χ4v) is 4.29. The highest BCUT2D eigenvalue weighted by Gasteiger charge is 2.28. The standard InChI is InChI=1S/C17H19N3O2S2/c1-11-18-13(9-23-11)10-24-15-6-4-3-5-14(15)17(22)19-12-7-16(21)20(2)8-12/h3-6,9,12H,7-8,10H2,1-2H3,(H,19,22). The molecule has 3 rings (SSSR count). The van der Waals surface area contributed by atoms with Gasteiger partial charge < -0.3 is 10.2 Å². The van der Waals surface area contributed by atoms with Crippen LogP contribution in [0.25, 0.3) is 0 Å². The van der Waals surface area contributed by atoms with Crippen LogP contribution in [0.2, 0.25) is 0 Å². The van der Waals surface area contributed by atoms with E-state index in [1.54, 1.807) is 35.0 Å². The largest absolute Gasteiger partial charge is 0.347 e. The van der Waals surface area contributed by atoms with Crippen LogP contribution in [-0.4, -0.2) is 41.3 Å². The molecule has 1 aliphatic heterocycles. The van der Waals surface area contributed by atoms with Gasteiger partial charge in [0.05, 0.1) is 22.3 Å². The lowest BCUT2D eigenvalue weighted by atomic mass is 10.2. The van der Waals surface area contributed by atoms with Gasteiger partial charge in [0, 0.05) is 36.0 Å². The molecule has 2 aromatic rings. The number of nitrogens with one attached hydrogen (secondary N) is 1. The van der Waals surface area contributed by atoms with Crippen molar-refractivity contribution in [1.82, 2.24) is 15.2 Å². The first-order chi connectivity index (χ1) is 11.5. The summed E-state index contributed by atoms with van der Waals surface area (Å²) in [7, 11) is 1.76. The van der Waals surface area contributed by atoms with Crippen molar-refractivity contribution in [1.29, 1.82) is 0 Å². The number of benzene rings is 1. The molecule has 126 valence electrons. The van der Waals surface area contributed by atoms with Crippen LogP contribution in [-0.2, 0) is 10.5 Å². The molecule has 24 heavy (non-hydrogen) atoms. The number of likely N-dealkylation sites (N-methyl/N-ethyl adjacent to an activating group) is 1. The topological polar surface area (TPSA) is 62.3 Å². The Labute approximate surface area is 149 Å². The Kier molecular flexibility index (Phi) is 5.20. The van der Waals surface area contributed by atoms with E-state index in [1.807, 2.05) is 36.6 Å². The van der Waals surface area contributed by atoms with Crippen molar-refractivity contribution < 1.29 is 9.59 Å². The van der Waals surface area contributed by atoms with E-state index in [1.165, 1.54) is 0 Å². The Morgan fingerprint density at radius 2 is 2.25 bits per heavy atom. The number of rotatable bonds is 5. The Morgan fingerprint density at radius 1 is 1.46 bits per heavy atom. The molecule has 0 saturated carbocycles. The van der Waals surface area contributed by atoms with Gasteiger partial charge in [0.25, 0.3) is 5.91 Å². The van der Waals surface area contributed by atoms with E-state index < -0.39 is 0 Å². The molecule has 1 atom stereocenters. The number of hydrogen-bond donors (Lipinski definition) is 1. The molecule has 1 fully saturated rings. The summed E-state index contributed by atoms with van der Waals surface area (Å²) < 4.78 is 0. The van der Waals surface area contributed by atoms with Crippen molar-refractivity contribution in [2.24, 2.45) is 0 Å². The maximum absolute atomic E-state index is 12.6. The van der Waals surface area contributed by atoms with Gasteiger partial charge in [-0.05, 0) is 19.1 Å². The van der Waals surface area contributed by atoms with Gasteiger partial charge in [-0.3, -0.25) is 9.59 Å². The van der Waals surface area contributed by atoms with Crippen LogP contribution in [0.1, 0.15) is 27.5 Å². The number of aromatic nitrogens is 1. The van der Waals surface area contributed by atoms with Crippen LogP contribution in [0.4, 0.5) is 0 Å². The lowest BCUT2D eigenvalue weighted by Gasteiger charge is -2.14. The minimum absolute atomic E-state index is 0.0712. The van der Waals surface area contributed by atoms with Crippen molar-refractivity contribution in [3.05, 3.63) is 45.9 Å². The highest BCUT2D eigenvalue weighted by Crippen LogP contribution is 2.27.